The highest BCUT2D eigenvalue weighted by Gasteiger charge is 2.37. The van der Waals surface area contributed by atoms with E-state index >= 15 is 0 Å². The molecule has 0 aliphatic heterocycles. The molecule has 0 spiro atoms. The van der Waals surface area contributed by atoms with Crippen LogP contribution in [0.2, 0.25) is 0 Å². The summed E-state index contributed by atoms with van der Waals surface area (Å²) < 4.78 is 0. The van der Waals surface area contributed by atoms with E-state index in [2.05, 4.69) is 27.7 Å². The lowest BCUT2D eigenvalue weighted by molar-refractivity contribution is 0.151. The third-order valence-electron chi connectivity index (χ3n) is 5.31. The quantitative estimate of drug-likeness (QED) is 0.576. The fraction of sp³-hybridized carbons (Fsp3) is 1.00. The number of rotatable bonds is 1. The van der Waals surface area contributed by atoms with E-state index in [4.69, 9.17) is 0 Å². The van der Waals surface area contributed by atoms with Crippen LogP contribution in [0.25, 0.3) is 0 Å². The first-order valence-electron chi connectivity index (χ1n) is 6.98. The molecule has 0 heteroatoms. The molecule has 0 amide bonds. The van der Waals surface area contributed by atoms with Crippen LogP contribution in [-0.2, 0) is 0 Å². The average Bonchev–Trinajstić information content (AvgIpc) is 2.51. The highest BCUT2D eigenvalue weighted by Crippen LogP contribution is 2.49. The van der Waals surface area contributed by atoms with Crippen molar-refractivity contribution in [2.75, 3.05) is 0 Å². The van der Waals surface area contributed by atoms with Crippen molar-refractivity contribution >= 4 is 0 Å². The Morgan fingerprint density at radius 3 is 2.13 bits per heavy atom. The van der Waals surface area contributed by atoms with Gasteiger partial charge in [-0.15, -0.1) is 0 Å². The Bertz CT molecular complexity index is 216. The Labute approximate surface area is 95.8 Å². The second kappa shape index (κ2) is 4.11. The monoisotopic (exact) mass is 208 g/mol. The van der Waals surface area contributed by atoms with Crippen LogP contribution >= 0.6 is 0 Å². The molecule has 0 bridgehead atoms. The van der Waals surface area contributed by atoms with Crippen molar-refractivity contribution in [2.45, 2.75) is 66.2 Å². The molecule has 0 radical (unpaired) electrons. The molecule has 0 aromatic carbocycles. The largest absolute Gasteiger partial charge is 0.0623 e. The first kappa shape index (κ1) is 11.5. The molecule has 4 unspecified atom stereocenters. The summed E-state index contributed by atoms with van der Waals surface area (Å²) in [5.74, 6) is 4.09. The first-order chi connectivity index (χ1) is 6.98. The van der Waals surface area contributed by atoms with Gasteiger partial charge in [0.2, 0.25) is 0 Å². The highest BCUT2D eigenvalue weighted by atomic mass is 14.4. The van der Waals surface area contributed by atoms with Gasteiger partial charge in [-0.3, -0.25) is 0 Å². The van der Waals surface area contributed by atoms with Crippen LogP contribution in [0.5, 0.6) is 0 Å². The molecule has 2 fully saturated rings. The Morgan fingerprint density at radius 1 is 0.867 bits per heavy atom. The maximum atomic E-state index is 2.47. The zero-order chi connectivity index (χ0) is 11.1. The third-order valence-corrected chi connectivity index (χ3v) is 5.31. The number of hydrogen-bond donors (Lipinski definition) is 0. The normalized spacial score (nSPS) is 45.6. The molecule has 0 saturated heterocycles. The van der Waals surface area contributed by atoms with Crippen molar-refractivity contribution in [3.63, 3.8) is 0 Å². The molecule has 2 aliphatic carbocycles. The summed E-state index contributed by atoms with van der Waals surface area (Å²) in [6.07, 6.45) is 9.01. The van der Waals surface area contributed by atoms with Crippen LogP contribution in [0, 0.1) is 29.1 Å². The van der Waals surface area contributed by atoms with Gasteiger partial charge in [0.25, 0.3) is 0 Å². The Kier molecular flexibility index (Phi) is 3.14. The Hall–Kier alpha value is 0. The predicted molar refractivity (Wildman–Crippen MR) is 66.8 cm³/mol. The minimum Gasteiger partial charge on any atom is -0.0623 e. The molecular formula is C15H28. The van der Waals surface area contributed by atoms with E-state index in [1.165, 1.54) is 38.5 Å². The zero-order valence-corrected chi connectivity index (χ0v) is 11.1. The fourth-order valence-electron chi connectivity index (χ4n) is 3.91. The molecule has 88 valence electrons. The molecule has 0 heterocycles. The van der Waals surface area contributed by atoms with Gasteiger partial charge >= 0.3 is 0 Å². The van der Waals surface area contributed by atoms with Gasteiger partial charge in [0, 0.05) is 0 Å². The Morgan fingerprint density at radius 2 is 1.60 bits per heavy atom. The Balaban J connectivity index is 1.90. The van der Waals surface area contributed by atoms with Crippen molar-refractivity contribution in [1.29, 1.82) is 0 Å². The SMILES string of the molecule is CC1CCC(C2CCC(C)(C)C2)CC1C. The lowest BCUT2D eigenvalue weighted by Gasteiger charge is -2.35. The smallest absolute Gasteiger partial charge is 0.0351 e. The van der Waals surface area contributed by atoms with Crippen molar-refractivity contribution in [2.24, 2.45) is 29.1 Å². The van der Waals surface area contributed by atoms with E-state index < -0.39 is 0 Å². The summed E-state index contributed by atoms with van der Waals surface area (Å²) in [7, 11) is 0. The van der Waals surface area contributed by atoms with Gasteiger partial charge in [-0.2, -0.15) is 0 Å². The maximum absolute atomic E-state index is 2.47. The molecule has 2 aliphatic rings. The molecule has 2 saturated carbocycles. The van der Waals surface area contributed by atoms with E-state index in [0.29, 0.717) is 5.41 Å². The fourth-order valence-corrected chi connectivity index (χ4v) is 3.91. The van der Waals surface area contributed by atoms with Crippen LogP contribution in [-0.4, -0.2) is 0 Å². The first-order valence-corrected chi connectivity index (χ1v) is 6.98. The van der Waals surface area contributed by atoms with Crippen LogP contribution in [0.1, 0.15) is 66.2 Å². The van der Waals surface area contributed by atoms with Gasteiger partial charge in [0.15, 0.2) is 0 Å². The van der Waals surface area contributed by atoms with E-state index in [0.717, 1.165) is 23.7 Å². The lowest BCUT2D eigenvalue weighted by Crippen LogP contribution is -2.25. The van der Waals surface area contributed by atoms with Gasteiger partial charge in [-0.1, -0.05) is 34.1 Å². The van der Waals surface area contributed by atoms with Gasteiger partial charge in [-0.05, 0) is 61.2 Å². The highest BCUT2D eigenvalue weighted by molar-refractivity contribution is 4.88. The minimum atomic E-state index is 0.650. The maximum Gasteiger partial charge on any atom is -0.0351 e. The average molecular weight is 208 g/mol. The number of hydrogen-bond acceptors (Lipinski definition) is 0. The lowest BCUT2D eigenvalue weighted by atomic mass is 9.70. The van der Waals surface area contributed by atoms with Gasteiger partial charge in [0.05, 0.1) is 0 Å². The molecule has 0 aromatic heterocycles. The molecular weight excluding hydrogens is 180 g/mol. The van der Waals surface area contributed by atoms with E-state index in [1.807, 2.05) is 0 Å². The second-order valence-electron chi connectivity index (χ2n) is 7.19. The molecule has 15 heavy (non-hydrogen) atoms. The van der Waals surface area contributed by atoms with Crippen molar-refractivity contribution in [3.05, 3.63) is 0 Å². The van der Waals surface area contributed by atoms with Crippen molar-refractivity contribution < 1.29 is 0 Å². The predicted octanol–water partition coefficient (Wildman–Crippen LogP) is 4.89. The standard InChI is InChI=1S/C15H28/c1-11-5-6-13(9-12(11)2)14-7-8-15(3,4)10-14/h11-14H,5-10H2,1-4H3. The second-order valence-corrected chi connectivity index (χ2v) is 7.19. The van der Waals surface area contributed by atoms with E-state index in [1.54, 1.807) is 0 Å². The summed E-state index contributed by atoms with van der Waals surface area (Å²) in [6.45, 7) is 9.83. The molecule has 2 rings (SSSR count). The summed E-state index contributed by atoms with van der Waals surface area (Å²) in [6, 6.07) is 0. The van der Waals surface area contributed by atoms with Gasteiger partial charge in [0.1, 0.15) is 0 Å². The van der Waals surface area contributed by atoms with E-state index in [-0.39, 0.29) is 0 Å². The van der Waals surface area contributed by atoms with Crippen molar-refractivity contribution in [1.82, 2.24) is 0 Å². The van der Waals surface area contributed by atoms with Crippen LogP contribution in [0.15, 0.2) is 0 Å². The summed E-state index contributed by atoms with van der Waals surface area (Å²) in [5.41, 5.74) is 0.650. The summed E-state index contributed by atoms with van der Waals surface area (Å²) >= 11 is 0. The zero-order valence-electron chi connectivity index (χ0n) is 11.1. The molecule has 0 N–H and O–H groups in total. The van der Waals surface area contributed by atoms with Crippen molar-refractivity contribution in [3.8, 4) is 0 Å². The molecule has 0 aromatic rings. The molecule has 4 atom stereocenters. The summed E-state index contributed by atoms with van der Waals surface area (Å²) in [5, 5.41) is 0. The molecule has 0 nitrogen and oxygen atoms in total. The van der Waals surface area contributed by atoms with Gasteiger partial charge in [-0.25, -0.2) is 0 Å². The summed E-state index contributed by atoms with van der Waals surface area (Å²) in [4.78, 5) is 0. The van der Waals surface area contributed by atoms with Crippen LogP contribution in [0.4, 0.5) is 0 Å². The minimum absolute atomic E-state index is 0.650. The van der Waals surface area contributed by atoms with Crippen LogP contribution < -0.4 is 0 Å². The third kappa shape index (κ3) is 2.57. The van der Waals surface area contributed by atoms with Gasteiger partial charge < -0.3 is 0 Å². The van der Waals surface area contributed by atoms with E-state index in [9.17, 15) is 0 Å². The van der Waals surface area contributed by atoms with Crippen LogP contribution in [0.3, 0.4) is 0 Å². The topological polar surface area (TPSA) is 0 Å².